The van der Waals surface area contributed by atoms with E-state index in [1.165, 1.54) is 57.8 Å². The molecule has 0 saturated carbocycles. The van der Waals surface area contributed by atoms with Crippen molar-refractivity contribution in [1.82, 2.24) is 0 Å². The Balaban J connectivity index is 3.14. The number of hydrogen-bond acceptors (Lipinski definition) is 0. The van der Waals surface area contributed by atoms with Crippen molar-refractivity contribution < 1.29 is 0 Å². The van der Waals surface area contributed by atoms with Gasteiger partial charge in [0.1, 0.15) is 0 Å². The van der Waals surface area contributed by atoms with Crippen molar-refractivity contribution in [3.8, 4) is 0 Å². The van der Waals surface area contributed by atoms with Crippen LogP contribution in [0, 0.1) is 0 Å². The van der Waals surface area contributed by atoms with Gasteiger partial charge in [0.25, 0.3) is 0 Å². The molecule has 0 aliphatic heterocycles. The van der Waals surface area contributed by atoms with E-state index < -0.39 is 0 Å². The fourth-order valence-corrected chi connectivity index (χ4v) is 1.83. The van der Waals surface area contributed by atoms with Crippen LogP contribution in [0.4, 0.5) is 0 Å². The molecule has 0 fully saturated rings. The molecule has 0 amide bonds. The molecule has 0 bridgehead atoms. The van der Waals surface area contributed by atoms with Gasteiger partial charge in [-0.3, -0.25) is 0 Å². The van der Waals surface area contributed by atoms with Crippen molar-refractivity contribution in [1.29, 1.82) is 0 Å². The molecule has 0 spiro atoms. The van der Waals surface area contributed by atoms with Gasteiger partial charge in [0.05, 0.1) is 0 Å². The van der Waals surface area contributed by atoms with E-state index in [0.717, 1.165) is 6.42 Å². The van der Waals surface area contributed by atoms with Crippen molar-refractivity contribution >= 4 is 0 Å². The Morgan fingerprint density at radius 2 is 1.11 bits per heavy atom. The highest BCUT2D eigenvalue weighted by Crippen LogP contribution is 2.07. The minimum atomic E-state index is 1.14. The molecular weight excluding hydrogens is 216 g/mol. The fourth-order valence-electron chi connectivity index (χ4n) is 1.83. The third kappa shape index (κ3) is 15.2. The summed E-state index contributed by atoms with van der Waals surface area (Å²) in [7, 11) is 0. The molecule has 0 heterocycles. The average molecular weight is 248 g/mol. The highest BCUT2D eigenvalue weighted by molar-refractivity contribution is 5.01. The molecule has 0 rings (SSSR count). The van der Waals surface area contributed by atoms with Crippen LogP contribution in [0.5, 0.6) is 0 Å². The van der Waals surface area contributed by atoms with Gasteiger partial charge in [0.15, 0.2) is 0 Å². The van der Waals surface area contributed by atoms with E-state index in [4.69, 9.17) is 0 Å². The molecule has 0 atom stereocenters. The summed E-state index contributed by atoms with van der Waals surface area (Å²) in [5, 5.41) is 0. The highest BCUT2D eigenvalue weighted by Gasteiger charge is 1.87. The molecule has 0 aromatic rings. The van der Waals surface area contributed by atoms with Crippen molar-refractivity contribution in [2.45, 2.75) is 78.1 Å². The first-order valence-corrected chi connectivity index (χ1v) is 7.88. The van der Waals surface area contributed by atoms with Crippen molar-refractivity contribution in [2.75, 3.05) is 0 Å². The maximum absolute atomic E-state index is 2.37. The van der Waals surface area contributed by atoms with E-state index in [2.05, 4.69) is 50.3 Å². The second-order valence-corrected chi connectivity index (χ2v) is 4.87. The zero-order valence-corrected chi connectivity index (χ0v) is 12.5. The summed E-state index contributed by atoms with van der Waals surface area (Å²) in [6.45, 7) is 4.42. The lowest BCUT2D eigenvalue weighted by Crippen LogP contribution is -1.77. The van der Waals surface area contributed by atoms with E-state index in [0.29, 0.717) is 0 Å². The zero-order valence-electron chi connectivity index (χ0n) is 12.5. The normalized spacial score (nSPS) is 12.3. The van der Waals surface area contributed by atoms with E-state index in [1.807, 2.05) is 0 Å². The first-order chi connectivity index (χ1) is 8.91. The number of rotatable bonds is 12. The molecule has 0 aliphatic carbocycles. The monoisotopic (exact) mass is 248 g/mol. The third-order valence-electron chi connectivity index (χ3n) is 3.00. The molecule has 0 N–H and O–H groups in total. The van der Waals surface area contributed by atoms with E-state index in [1.54, 1.807) is 0 Å². The van der Waals surface area contributed by atoms with Crippen LogP contribution in [0.2, 0.25) is 0 Å². The largest absolute Gasteiger partial charge is 0.0885 e. The molecule has 0 unspecified atom stereocenters. The summed E-state index contributed by atoms with van der Waals surface area (Å²) in [4.78, 5) is 0. The van der Waals surface area contributed by atoms with Gasteiger partial charge in [0, 0.05) is 0 Å². The number of hydrogen-bond donors (Lipinski definition) is 0. The molecule has 0 radical (unpaired) electrons. The summed E-state index contributed by atoms with van der Waals surface area (Å²) >= 11 is 0. The van der Waals surface area contributed by atoms with Gasteiger partial charge in [-0.2, -0.15) is 0 Å². The molecule has 0 aromatic heterocycles. The Hall–Kier alpha value is -0.780. The fraction of sp³-hybridized carbons (Fsp3) is 0.667. The van der Waals surface area contributed by atoms with E-state index >= 15 is 0 Å². The van der Waals surface area contributed by atoms with Crippen molar-refractivity contribution in [3.63, 3.8) is 0 Å². The van der Waals surface area contributed by atoms with Gasteiger partial charge in [0.2, 0.25) is 0 Å². The minimum Gasteiger partial charge on any atom is -0.0885 e. The Kier molecular flexibility index (Phi) is 15.5. The molecule has 18 heavy (non-hydrogen) atoms. The summed E-state index contributed by atoms with van der Waals surface area (Å²) in [6, 6.07) is 0. The van der Waals surface area contributed by atoms with E-state index in [9.17, 15) is 0 Å². The lowest BCUT2D eigenvalue weighted by Gasteiger charge is -1.96. The van der Waals surface area contributed by atoms with Crippen LogP contribution in [-0.4, -0.2) is 0 Å². The van der Waals surface area contributed by atoms with Crippen molar-refractivity contribution in [3.05, 3.63) is 36.5 Å². The Morgan fingerprint density at radius 1 is 0.556 bits per heavy atom. The average Bonchev–Trinajstić information content (AvgIpc) is 2.39. The molecule has 0 heteroatoms. The Labute approximate surface area is 115 Å². The molecule has 0 nitrogen and oxygen atoms in total. The van der Waals surface area contributed by atoms with Crippen LogP contribution in [0.1, 0.15) is 78.1 Å². The standard InChI is InChI=1S/C18H32/c1-3-5-7-9-11-13-15-17-18-16-14-12-10-8-6-4-2/h5,7,9-12H,3-4,6,8,13-18H2,1-2H3/b7-5+,11-9+,12-10+. The van der Waals surface area contributed by atoms with Gasteiger partial charge in [-0.25, -0.2) is 0 Å². The quantitative estimate of drug-likeness (QED) is 0.207. The first kappa shape index (κ1) is 17.2. The predicted octanol–water partition coefficient (Wildman–Crippen LogP) is 6.60. The van der Waals surface area contributed by atoms with Crippen LogP contribution < -0.4 is 0 Å². The smallest absolute Gasteiger partial charge is 0.0348 e. The Bertz CT molecular complexity index is 220. The molecule has 0 saturated heterocycles. The number of unbranched alkanes of at least 4 members (excludes halogenated alkanes) is 7. The Morgan fingerprint density at radius 3 is 1.72 bits per heavy atom. The molecule has 104 valence electrons. The summed E-state index contributed by atoms with van der Waals surface area (Å²) in [5.74, 6) is 0. The van der Waals surface area contributed by atoms with Gasteiger partial charge < -0.3 is 0 Å². The lowest BCUT2D eigenvalue weighted by molar-refractivity contribution is 0.651. The SMILES string of the molecule is CC/C=C/C=C/CCCCCC/C=C/CCCC. The maximum Gasteiger partial charge on any atom is -0.0348 e. The predicted molar refractivity (Wildman–Crippen MR) is 84.9 cm³/mol. The maximum atomic E-state index is 2.37. The topological polar surface area (TPSA) is 0 Å². The van der Waals surface area contributed by atoms with Gasteiger partial charge >= 0.3 is 0 Å². The second-order valence-electron chi connectivity index (χ2n) is 4.87. The van der Waals surface area contributed by atoms with Gasteiger partial charge in [-0.1, -0.05) is 76.0 Å². The summed E-state index contributed by atoms with van der Waals surface area (Å²) in [5.41, 5.74) is 0. The number of allylic oxidation sites excluding steroid dienone is 6. The second kappa shape index (κ2) is 16.2. The molecule has 0 aliphatic rings. The van der Waals surface area contributed by atoms with Gasteiger partial charge in [-0.15, -0.1) is 0 Å². The van der Waals surface area contributed by atoms with Crippen LogP contribution in [0.3, 0.4) is 0 Å². The van der Waals surface area contributed by atoms with E-state index in [-0.39, 0.29) is 0 Å². The molecule has 0 aromatic carbocycles. The van der Waals surface area contributed by atoms with Crippen molar-refractivity contribution in [2.24, 2.45) is 0 Å². The van der Waals surface area contributed by atoms with Crippen LogP contribution >= 0.6 is 0 Å². The first-order valence-electron chi connectivity index (χ1n) is 7.88. The third-order valence-corrected chi connectivity index (χ3v) is 3.00. The van der Waals surface area contributed by atoms with Crippen LogP contribution in [0.25, 0.3) is 0 Å². The van der Waals surface area contributed by atoms with Crippen LogP contribution in [0.15, 0.2) is 36.5 Å². The molecular formula is C18H32. The van der Waals surface area contributed by atoms with Crippen LogP contribution in [-0.2, 0) is 0 Å². The zero-order chi connectivity index (χ0) is 13.3. The highest BCUT2D eigenvalue weighted by atomic mass is 13.9. The summed E-state index contributed by atoms with van der Waals surface area (Å²) < 4.78 is 0. The minimum absolute atomic E-state index is 1.14. The lowest BCUT2D eigenvalue weighted by atomic mass is 10.1. The van der Waals surface area contributed by atoms with Gasteiger partial charge in [-0.05, 0) is 38.5 Å². The summed E-state index contributed by atoms with van der Waals surface area (Å²) in [6.07, 6.45) is 26.6.